The van der Waals surface area contributed by atoms with Crippen LogP contribution in [0.1, 0.15) is 12.5 Å². The van der Waals surface area contributed by atoms with Crippen LogP contribution in [0, 0.1) is 0 Å². The second-order valence-corrected chi connectivity index (χ2v) is 5.85. The summed E-state index contributed by atoms with van der Waals surface area (Å²) in [5.74, 6) is 1.64. The van der Waals surface area contributed by atoms with Gasteiger partial charge >= 0.3 is 0 Å². The summed E-state index contributed by atoms with van der Waals surface area (Å²) < 4.78 is 0. The van der Waals surface area contributed by atoms with Gasteiger partial charge in [0.2, 0.25) is 11.8 Å². The van der Waals surface area contributed by atoms with Crippen molar-refractivity contribution in [2.24, 2.45) is 0 Å². The van der Waals surface area contributed by atoms with E-state index in [0.717, 1.165) is 5.75 Å². The molecule has 0 spiro atoms. The topological polar surface area (TPSA) is 40.6 Å². The van der Waals surface area contributed by atoms with Gasteiger partial charge in [-0.25, -0.2) is 0 Å². The molecule has 0 unspecified atom stereocenters. The van der Waals surface area contributed by atoms with Crippen molar-refractivity contribution in [2.75, 3.05) is 31.9 Å². The first-order chi connectivity index (χ1) is 9.66. The van der Waals surface area contributed by atoms with Crippen molar-refractivity contribution >= 4 is 23.6 Å². The summed E-state index contributed by atoms with van der Waals surface area (Å²) in [6.07, 6.45) is 0. The molecule has 1 fully saturated rings. The Labute approximate surface area is 124 Å². The molecule has 4 nitrogen and oxygen atoms in total. The number of benzene rings is 1. The lowest BCUT2D eigenvalue weighted by Crippen LogP contribution is -2.50. The number of nitrogens with zero attached hydrogens (tertiary/aromatic N) is 2. The smallest absolute Gasteiger partial charge is 0.232 e. The van der Waals surface area contributed by atoms with Crippen molar-refractivity contribution < 1.29 is 9.59 Å². The molecule has 108 valence electrons. The normalized spacial score (nSPS) is 15.2. The third kappa shape index (κ3) is 4.27. The highest BCUT2D eigenvalue weighted by Crippen LogP contribution is 2.13. The molecule has 2 rings (SSSR count). The summed E-state index contributed by atoms with van der Waals surface area (Å²) in [6.45, 7) is 4.21. The van der Waals surface area contributed by atoms with Gasteiger partial charge in [-0.3, -0.25) is 9.59 Å². The summed E-state index contributed by atoms with van der Waals surface area (Å²) >= 11 is 1.64. The van der Waals surface area contributed by atoms with Gasteiger partial charge in [-0.2, -0.15) is 0 Å². The lowest BCUT2D eigenvalue weighted by atomic mass is 10.2. The van der Waals surface area contributed by atoms with Crippen LogP contribution in [0.25, 0.3) is 0 Å². The zero-order chi connectivity index (χ0) is 14.4. The third-order valence-electron chi connectivity index (χ3n) is 3.41. The van der Waals surface area contributed by atoms with E-state index < -0.39 is 0 Å². The number of carbonyl (C=O) groups excluding carboxylic acids is 2. The minimum atomic E-state index is 0.0931. The molecule has 0 aromatic heterocycles. The molecular weight excluding hydrogens is 272 g/mol. The van der Waals surface area contributed by atoms with E-state index in [4.69, 9.17) is 0 Å². The molecular formula is C15H20N2O2S. The molecule has 0 radical (unpaired) electrons. The van der Waals surface area contributed by atoms with Gasteiger partial charge in [0.05, 0.1) is 5.75 Å². The van der Waals surface area contributed by atoms with Gasteiger partial charge < -0.3 is 9.80 Å². The number of piperazine rings is 1. The van der Waals surface area contributed by atoms with Crippen molar-refractivity contribution in [3.05, 3.63) is 35.9 Å². The number of amides is 2. The van der Waals surface area contributed by atoms with Crippen LogP contribution in [-0.4, -0.2) is 53.5 Å². The maximum absolute atomic E-state index is 12.1. The summed E-state index contributed by atoms with van der Waals surface area (Å²) in [5, 5.41) is 0. The second-order valence-electron chi connectivity index (χ2n) is 4.87. The van der Waals surface area contributed by atoms with Crippen LogP contribution < -0.4 is 0 Å². The minimum absolute atomic E-state index is 0.0931. The van der Waals surface area contributed by atoms with Crippen LogP contribution in [-0.2, 0) is 15.3 Å². The predicted molar refractivity (Wildman–Crippen MR) is 81.4 cm³/mol. The molecule has 1 aliphatic rings. The van der Waals surface area contributed by atoms with Gasteiger partial charge in [-0.05, 0) is 5.56 Å². The Kier molecular flexibility index (Phi) is 5.47. The summed E-state index contributed by atoms with van der Waals surface area (Å²) in [5.41, 5.74) is 1.24. The first-order valence-corrected chi connectivity index (χ1v) is 7.97. The SMILES string of the molecule is CC(=O)N1CCN(C(=O)CSCc2ccccc2)CC1. The largest absolute Gasteiger partial charge is 0.339 e. The minimum Gasteiger partial charge on any atom is -0.339 e. The Morgan fingerprint density at radius 2 is 1.65 bits per heavy atom. The van der Waals surface area contributed by atoms with E-state index in [2.05, 4.69) is 12.1 Å². The standard InChI is InChI=1S/C15H20N2O2S/c1-13(18)16-7-9-17(10-8-16)15(19)12-20-11-14-5-3-2-4-6-14/h2-6H,7-12H2,1H3. The molecule has 0 atom stereocenters. The fraction of sp³-hybridized carbons (Fsp3) is 0.467. The average Bonchev–Trinajstić information content (AvgIpc) is 2.48. The highest BCUT2D eigenvalue weighted by atomic mass is 32.2. The van der Waals surface area contributed by atoms with E-state index in [9.17, 15) is 9.59 Å². The first kappa shape index (κ1) is 14.9. The lowest BCUT2D eigenvalue weighted by Gasteiger charge is -2.34. The Bertz CT molecular complexity index is 456. The summed E-state index contributed by atoms with van der Waals surface area (Å²) in [4.78, 5) is 26.9. The number of hydrogen-bond acceptors (Lipinski definition) is 3. The maximum Gasteiger partial charge on any atom is 0.232 e. The van der Waals surface area contributed by atoms with Crippen LogP contribution in [0.15, 0.2) is 30.3 Å². The molecule has 0 N–H and O–H groups in total. The third-order valence-corrected chi connectivity index (χ3v) is 4.40. The number of hydrogen-bond donors (Lipinski definition) is 0. The summed E-state index contributed by atoms with van der Waals surface area (Å²) in [6, 6.07) is 10.2. The van der Waals surface area contributed by atoms with Gasteiger partial charge in [-0.15, -0.1) is 11.8 Å². The van der Waals surface area contributed by atoms with Crippen LogP contribution in [0.5, 0.6) is 0 Å². The lowest BCUT2D eigenvalue weighted by molar-refractivity contribution is -0.136. The van der Waals surface area contributed by atoms with E-state index in [1.54, 1.807) is 23.6 Å². The van der Waals surface area contributed by atoms with Gasteiger partial charge in [0.25, 0.3) is 0 Å². The molecule has 1 aromatic carbocycles. The van der Waals surface area contributed by atoms with Gasteiger partial charge in [0.15, 0.2) is 0 Å². The number of rotatable bonds is 4. The Balaban J connectivity index is 1.69. The van der Waals surface area contributed by atoms with Crippen molar-refractivity contribution in [3.63, 3.8) is 0 Å². The van der Waals surface area contributed by atoms with Gasteiger partial charge in [-0.1, -0.05) is 30.3 Å². The molecule has 0 saturated carbocycles. The Morgan fingerprint density at radius 1 is 1.05 bits per heavy atom. The molecule has 0 aliphatic carbocycles. The van der Waals surface area contributed by atoms with Crippen LogP contribution in [0.3, 0.4) is 0 Å². The highest BCUT2D eigenvalue weighted by molar-refractivity contribution is 7.99. The van der Waals surface area contributed by atoms with Crippen molar-refractivity contribution in [1.29, 1.82) is 0 Å². The number of thioether (sulfide) groups is 1. The zero-order valence-electron chi connectivity index (χ0n) is 11.7. The fourth-order valence-corrected chi connectivity index (χ4v) is 3.08. The van der Waals surface area contributed by atoms with E-state index in [1.807, 2.05) is 23.1 Å². The predicted octanol–water partition coefficient (Wildman–Crippen LogP) is 1.61. The monoisotopic (exact) mass is 292 g/mol. The van der Waals surface area contributed by atoms with E-state index in [0.29, 0.717) is 31.9 Å². The van der Waals surface area contributed by atoms with E-state index in [1.165, 1.54) is 5.56 Å². The molecule has 0 bridgehead atoms. The summed E-state index contributed by atoms with van der Waals surface area (Å²) in [7, 11) is 0. The molecule has 20 heavy (non-hydrogen) atoms. The number of carbonyl (C=O) groups is 2. The van der Waals surface area contributed by atoms with Crippen molar-refractivity contribution in [2.45, 2.75) is 12.7 Å². The molecule has 5 heteroatoms. The molecule has 1 saturated heterocycles. The fourth-order valence-electron chi connectivity index (χ4n) is 2.19. The molecule has 1 heterocycles. The van der Waals surface area contributed by atoms with Crippen LogP contribution in [0.2, 0.25) is 0 Å². The van der Waals surface area contributed by atoms with Crippen LogP contribution >= 0.6 is 11.8 Å². The average molecular weight is 292 g/mol. The first-order valence-electron chi connectivity index (χ1n) is 6.82. The van der Waals surface area contributed by atoms with Crippen molar-refractivity contribution in [1.82, 2.24) is 9.80 Å². The van der Waals surface area contributed by atoms with E-state index >= 15 is 0 Å². The highest BCUT2D eigenvalue weighted by Gasteiger charge is 2.21. The van der Waals surface area contributed by atoms with Gasteiger partial charge in [0.1, 0.15) is 0 Å². The quantitative estimate of drug-likeness (QED) is 0.846. The second kappa shape index (κ2) is 7.33. The molecule has 1 aliphatic heterocycles. The van der Waals surface area contributed by atoms with Crippen LogP contribution in [0.4, 0.5) is 0 Å². The molecule has 1 aromatic rings. The van der Waals surface area contributed by atoms with Crippen molar-refractivity contribution in [3.8, 4) is 0 Å². The van der Waals surface area contributed by atoms with E-state index in [-0.39, 0.29) is 11.8 Å². The zero-order valence-corrected chi connectivity index (χ0v) is 12.6. The maximum atomic E-state index is 12.1. The Morgan fingerprint density at radius 3 is 2.25 bits per heavy atom. The Hall–Kier alpha value is -1.49. The molecule has 2 amide bonds. The van der Waals surface area contributed by atoms with Gasteiger partial charge in [0, 0.05) is 38.9 Å².